The summed E-state index contributed by atoms with van der Waals surface area (Å²) in [7, 11) is 1.63. The van der Waals surface area contributed by atoms with Crippen LogP contribution in [0.1, 0.15) is 22.4 Å². The van der Waals surface area contributed by atoms with Crippen molar-refractivity contribution < 1.29 is 14.3 Å². The van der Waals surface area contributed by atoms with E-state index in [0.717, 1.165) is 33.8 Å². The molecular weight excluding hydrogens is 378 g/mol. The van der Waals surface area contributed by atoms with Gasteiger partial charge in [-0.2, -0.15) is 0 Å². The van der Waals surface area contributed by atoms with E-state index in [-0.39, 0.29) is 18.1 Å². The molecule has 1 aliphatic heterocycles. The summed E-state index contributed by atoms with van der Waals surface area (Å²) in [5.74, 6) is 0.467. The van der Waals surface area contributed by atoms with Crippen LogP contribution in [0.25, 0.3) is 11.8 Å². The number of imide groups is 1. The Bertz CT molecular complexity index is 1130. The van der Waals surface area contributed by atoms with Gasteiger partial charge in [-0.3, -0.25) is 9.69 Å². The Hall–Kier alpha value is -3.80. The highest BCUT2D eigenvalue weighted by Gasteiger charge is 2.33. The fraction of sp³-hybridized carbons (Fsp3) is 0.167. The molecule has 0 spiro atoms. The number of urea groups is 1. The molecule has 1 saturated heterocycles. The Labute approximate surface area is 175 Å². The molecule has 6 heteroatoms. The number of rotatable bonds is 5. The Balaban J connectivity index is 1.55. The molecule has 152 valence electrons. The number of hydrogen-bond acceptors (Lipinski definition) is 3. The summed E-state index contributed by atoms with van der Waals surface area (Å²) in [5, 5.41) is 2.69. The fourth-order valence-corrected chi connectivity index (χ4v) is 3.46. The number of aryl methyl sites for hydroxylation is 2. The first kappa shape index (κ1) is 19.5. The molecule has 0 bridgehead atoms. The van der Waals surface area contributed by atoms with Crippen molar-refractivity contribution in [1.82, 2.24) is 14.8 Å². The summed E-state index contributed by atoms with van der Waals surface area (Å²) >= 11 is 0. The summed E-state index contributed by atoms with van der Waals surface area (Å²) in [4.78, 5) is 26.4. The zero-order valence-electron chi connectivity index (χ0n) is 17.2. The lowest BCUT2D eigenvalue weighted by atomic mass is 10.1. The first-order valence-corrected chi connectivity index (χ1v) is 9.68. The van der Waals surface area contributed by atoms with Crippen molar-refractivity contribution in [3.8, 4) is 11.4 Å². The van der Waals surface area contributed by atoms with Gasteiger partial charge in [-0.05, 0) is 61.4 Å². The van der Waals surface area contributed by atoms with Gasteiger partial charge in [0.15, 0.2) is 0 Å². The summed E-state index contributed by atoms with van der Waals surface area (Å²) in [6.07, 6.45) is 3.65. The third-order valence-corrected chi connectivity index (χ3v) is 5.12. The first-order chi connectivity index (χ1) is 14.4. The Morgan fingerprint density at radius 3 is 2.37 bits per heavy atom. The molecule has 1 aliphatic rings. The van der Waals surface area contributed by atoms with Gasteiger partial charge in [0.1, 0.15) is 11.4 Å². The Morgan fingerprint density at radius 1 is 1.00 bits per heavy atom. The Kier molecular flexibility index (Phi) is 5.14. The van der Waals surface area contributed by atoms with E-state index < -0.39 is 6.03 Å². The lowest BCUT2D eigenvalue weighted by Gasteiger charge is -2.11. The number of carbonyl (C=O) groups is 2. The van der Waals surface area contributed by atoms with Gasteiger partial charge < -0.3 is 14.6 Å². The molecule has 2 heterocycles. The van der Waals surface area contributed by atoms with Crippen molar-refractivity contribution in [1.29, 1.82) is 0 Å². The van der Waals surface area contributed by atoms with Gasteiger partial charge >= 0.3 is 6.03 Å². The van der Waals surface area contributed by atoms with Gasteiger partial charge in [-0.25, -0.2) is 4.79 Å². The number of nitrogens with one attached hydrogen (secondary N) is 1. The molecule has 30 heavy (non-hydrogen) atoms. The van der Waals surface area contributed by atoms with E-state index in [2.05, 4.69) is 5.32 Å². The third kappa shape index (κ3) is 3.85. The molecule has 1 N–H and O–H groups in total. The summed E-state index contributed by atoms with van der Waals surface area (Å²) in [6, 6.07) is 17.1. The highest BCUT2D eigenvalue weighted by molar-refractivity contribution is 6.13. The molecule has 0 atom stereocenters. The van der Waals surface area contributed by atoms with E-state index in [1.165, 1.54) is 4.90 Å². The minimum atomic E-state index is -0.405. The van der Waals surface area contributed by atoms with Crippen molar-refractivity contribution in [3.05, 3.63) is 88.9 Å². The van der Waals surface area contributed by atoms with E-state index in [4.69, 9.17) is 4.74 Å². The Morgan fingerprint density at radius 2 is 1.70 bits per heavy atom. The van der Waals surface area contributed by atoms with Crippen LogP contribution in [0.3, 0.4) is 0 Å². The smallest absolute Gasteiger partial charge is 0.329 e. The molecule has 0 radical (unpaired) electrons. The zero-order chi connectivity index (χ0) is 21.3. The van der Waals surface area contributed by atoms with Crippen LogP contribution in [0.2, 0.25) is 0 Å². The number of nitrogens with zero attached hydrogens (tertiary/aromatic N) is 2. The molecule has 6 nitrogen and oxygen atoms in total. The number of aromatic nitrogens is 1. The van der Waals surface area contributed by atoms with Gasteiger partial charge in [0.25, 0.3) is 5.91 Å². The molecule has 0 aliphatic carbocycles. The second-order valence-corrected chi connectivity index (χ2v) is 7.35. The van der Waals surface area contributed by atoms with Gasteiger partial charge in [-0.15, -0.1) is 0 Å². The fourth-order valence-electron chi connectivity index (χ4n) is 3.46. The lowest BCUT2D eigenvalue weighted by molar-refractivity contribution is -0.123. The number of ether oxygens (including phenoxy) is 1. The molecule has 0 unspecified atom stereocenters. The van der Waals surface area contributed by atoms with Crippen molar-refractivity contribution >= 4 is 18.0 Å². The van der Waals surface area contributed by atoms with E-state index in [1.807, 2.05) is 79.2 Å². The monoisotopic (exact) mass is 401 g/mol. The predicted molar refractivity (Wildman–Crippen MR) is 115 cm³/mol. The maximum Gasteiger partial charge on any atom is 0.329 e. The van der Waals surface area contributed by atoms with E-state index in [0.29, 0.717) is 0 Å². The minimum absolute atomic E-state index is 0.244. The second-order valence-electron chi connectivity index (χ2n) is 7.35. The van der Waals surface area contributed by atoms with E-state index in [1.54, 1.807) is 13.2 Å². The lowest BCUT2D eigenvalue weighted by Crippen LogP contribution is -2.30. The average Bonchev–Trinajstić information content (AvgIpc) is 3.23. The second kappa shape index (κ2) is 7.91. The van der Waals surface area contributed by atoms with Crippen LogP contribution >= 0.6 is 0 Å². The highest BCUT2D eigenvalue weighted by atomic mass is 16.5. The maximum atomic E-state index is 12.8. The SMILES string of the molecule is COc1ccc(-n2cc(/C=C3/NC(=O)N(Cc4ccc(C)cc4)C3=O)cc2C)cc1. The number of amides is 3. The van der Waals surface area contributed by atoms with Crippen molar-refractivity contribution in [2.45, 2.75) is 20.4 Å². The van der Waals surface area contributed by atoms with E-state index >= 15 is 0 Å². The standard InChI is InChI=1S/C24H23N3O3/c1-16-4-6-18(7-5-16)14-27-23(28)22(25-24(27)29)13-19-12-17(2)26(15-19)20-8-10-21(30-3)11-9-20/h4-13,15H,14H2,1-3H3,(H,25,29)/b22-13+. The van der Waals surface area contributed by atoms with Crippen molar-refractivity contribution in [2.24, 2.45) is 0 Å². The maximum absolute atomic E-state index is 12.8. The molecule has 4 rings (SSSR count). The predicted octanol–water partition coefficient (Wildman–Crippen LogP) is 4.20. The van der Waals surface area contributed by atoms with Gasteiger partial charge in [0.05, 0.1) is 13.7 Å². The van der Waals surface area contributed by atoms with Crippen LogP contribution in [-0.2, 0) is 11.3 Å². The van der Waals surface area contributed by atoms with Crippen LogP contribution in [0.5, 0.6) is 5.75 Å². The number of hydrogen-bond donors (Lipinski definition) is 1. The molecular formula is C24H23N3O3. The van der Waals surface area contributed by atoms with Crippen molar-refractivity contribution in [3.63, 3.8) is 0 Å². The van der Waals surface area contributed by atoms with Gasteiger partial charge in [0.2, 0.25) is 0 Å². The zero-order valence-corrected chi connectivity index (χ0v) is 17.2. The quantitative estimate of drug-likeness (QED) is 0.515. The average molecular weight is 401 g/mol. The number of methoxy groups -OCH3 is 1. The number of benzene rings is 2. The van der Waals surface area contributed by atoms with Crippen LogP contribution in [0, 0.1) is 13.8 Å². The number of carbonyl (C=O) groups excluding carboxylic acids is 2. The summed E-state index contributed by atoms with van der Waals surface area (Å²) in [6.45, 7) is 4.23. The van der Waals surface area contributed by atoms with E-state index in [9.17, 15) is 9.59 Å². The first-order valence-electron chi connectivity index (χ1n) is 9.68. The van der Waals surface area contributed by atoms with Crippen LogP contribution in [0.15, 0.2) is 66.5 Å². The van der Waals surface area contributed by atoms with Crippen LogP contribution < -0.4 is 10.1 Å². The summed E-state index contributed by atoms with van der Waals surface area (Å²) < 4.78 is 7.23. The summed E-state index contributed by atoms with van der Waals surface area (Å²) in [5.41, 5.74) is 5.16. The molecule has 2 aromatic carbocycles. The highest BCUT2D eigenvalue weighted by Crippen LogP contribution is 2.22. The van der Waals surface area contributed by atoms with Crippen molar-refractivity contribution in [2.75, 3.05) is 7.11 Å². The normalized spacial score (nSPS) is 15.0. The molecule has 1 fully saturated rings. The molecule has 3 aromatic rings. The van der Waals surface area contributed by atoms with Gasteiger partial charge in [0, 0.05) is 17.6 Å². The minimum Gasteiger partial charge on any atom is -0.497 e. The topological polar surface area (TPSA) is 63.6 Å². The molecule has 3 amide bonds. The van der Waals surface area contributed by atoms with Gasteiger partial charge in [-0.1, -0.05) is 29.8 Å². The van der Waals surface area contributed by atoms with Crippen LogP contribution in [-0.4, -0.2) is 28.5 Å². The largest absolute Gasteiger partial charge is 0.497 e. The molecule has 1 aromatic heterocycles. The molecule has 0 saturated carbocycles. The van der Waals surface area contributed by atoms with Crippen LogP contribution in [0.4, 0.5) is 4.79 Å². The third-order valence-electron chi connectivity index (χ3n) is 5.12.